The molecule has 3 amide bonds. The number of amides is 3. The lowest BCUT2D eigenvalue weighted by Crippen LogP contribution is -2.35. The first-order valence-corrected chi connectivity index (χ1v) is 12.7. The molecule has 0 saturated carbocycles. The molecule has 0 spiro atoms. The normalized spacial score (nSPS) is 11.4. The molecular weight excluding hydrogens is 596 g/mol. The Labute approximate surface area is 248 Å². The molecule has 10 nitrogen and oxygen atoms in total. The molecule has 15 heteroatoms. The van der Waals surface area contributed by atoms with Crippen molar-refractivity contribution >= 4 is 40.6 Å². The molecule has 0 radical (unpaired) electrons. The van der Waals surface area contributed by atoms with Gasteiger partial charge in [-0.25, -0.2) is 9.18 Å². The lowest BCUT2D eigenvalue weighted by molar-refractivity contribution is -0.137. The minimum atomic E-state index is -4.61. The SMILES string of the molecule is COc1ccc(CNC(=O)C(=N)/C(=C\N)NCc2cc(F)cc(NC(=O)Nc3ccc(C(F)(F)F)cc3Cl)c2)c(OC)c1. The number of nitrogens with two attached hydrogens (primary N) is 1. The number of alkyl halides is 3. The molecule has 3 aromatic rings. The van der Waals surface area contributed by atoms with Gasteiger partial charge in [0.25, 0.3) is 5.91 Å². The standard InChI is InChI=1S/C28H27ClF4N6O4/c1-42-20-5-3-16(24(11-20)43-2)14-37-26(40)25(35)23(12-34)36-13-15-7-18(30)10-19(8-15)38-27(41)39-22-6-4-17(9-21(22)29)28(31,32)33/h3-12,35-36H,13-14,34H2,1-2H3,(H,37,40)(H2,38,39,41)/b23-12+,35-25?. The van der Waals surface area contributed by atoms with E-state index in [0.29, 0.717) is 28.7 Å². The van der Waals surface area contributed by atoms with Crippen molar-refractivity contribution in [2.75, 3.05) is 24.9 Å². The van der Waals surface area contributed by atoms with E-state index < -0.39 is 35.2 Å². The highest BCUT2D eigenvalue weighted by atomic mass is 35.5. The first-order valence-electron chi connectivity index (χ1n) is 12.3. The van der Waals surface area contributed by atoms with Gasteiger partial charge in [0.15, 0.2) is 0 Å². The van der Waals surface area contributed by atoms with E-state index in [2.05, 4.69) is 21.3 Å². The number of carbonyl (C=O) groups excluding carboxylic acids is 2. The first-order chi connectivity index (χ1) is 20.3. The minimum Gasteiger partial charge on any atom is -0.497 e. The third kappa shape index (κ3) is 9.00. The van der Waals surface area contributed by atoms with E-state index >= 15 is 0 Å². The lowest BCUT2D eigenvalue weighted by Gasteiger charge is -2.15. The van der Waals surface area contributed by atoms with Gasteiger partial charge >= 0.3 is 12.2 Å². The third-order valence-electron chi connectivity index (χ3n) is 5.84. The fourth-order valence-electron chi connectivity index (χ4n) is 3.71. The number of carbonyl (C=O) groups is 2. The van der Waals surface area contributed by atoms with Gasteiger partial charge in [0.05, 0.1) is 36.2 Å². The van der Waals surface area contributed by atoms with Crippen LogP contribution in [0.3, 0.4) is 0 Å². The molecule has 0 atom stereocenters. The fourth-order valence-corrected chi connectivity index (χ4v) is 3.94. The number of halogens is 5. The Balaban J connectivity index is 1.60. The van der Waals surface area contributed by atoms with E-state index in [1.165, 1.54) is 20.3 Å². The van der Waals surface area contributed by atoms with Gasteiger partial charge in [0.1, 0.15) is 23.0 Å². The molecule has 228 valence electrons. The maximum absolute atomic E-state index is 14.3. The van der Waals surface area contributed by atoms with Crippen molar-refractivity contribution in [1.29, 1.82) is 5.41 Å². The molecule has 0 saturated heterocycles. The average Bonchev–Trinajstić information content (AvgIpc) is 2.96. The number of benzene rings is 3. The van der Waals surface area contributed by atoms with Crippen LogP contribution < -0.4 is 36.5 Å². The molecule has 0 aliphatic heterocycles. The molecule has 3 aromatic carbocycles. The maximum Gasteiger partial charge on any atom is 0.416 e. The van der Waals surface area contributed by atoms with Crippen molar-refractivity contribution in [2.24, 2.45) is 5.73 Å². The largest absolute Gasteiger partial charge is 0.497 e. The van der Waals surface area contributed by atoms with E-state index in [9.17, 15) is 27.2 Å². The van der Waals surface area contributed by atoms with Gasteiger partial charge in [-0.1, -0.05) is 11.6 Å². The lowest BCUT2D eigenvalue weighted by atomic mass is 10.1. The molecule has 0 bridgehead atoms. The minimum absolute atomic E-state index is 0.0110. The monoisotopic (exact) mass is 622 g/mol. The van der Waals surface area contributed by atoms with Gasteiger partial charge in [-0.05, 0) is 54.1 Å². The number of hydrogen-bond donors (Lipinski definition) is 6. The van der Waals surface area contributed by atoms with E-state index in [-0.39, 0.29) is 35.2 Å². The van der Waals surface area contributed by atoms with Crippen LogP contribution in [0.15, 0.2) is 66.5 Å². The van der Waals surface area contributed by atoms with Crippen LogP contribution in [0.1, 0.15) is 16.7 Å². The summed E-state index contributed by atoms with van der Waals surface area (Å²) in [5, 5.41) is 17.9. The zero-order chi connectivity index (χ0) is 31.7. The van der Waals surface area contributed by atoms with E-state index in [4.69, 9.17) is 32.2 Å². The summed E-state index contributed by atoms with van der Waals surface area (Å²) in [4.78, 5) is 25.0. The Morgan fingerprint density at radius 3 is 2.35 bits per heavy atom. The molecule has 0 unspecified atom stereocenters. The third-order valence-corrected chi connectivity index (χ3v) is 6.15. The summed E-state index contributed by atoms with van der Waals surface area (Å²) >= 11 is 5.86. The van der Waals surface area contributed by atoms with Crippen molar-refractivity contribution < 1.29 is 36.6 Å². The Morgan fingerprint density at radius 2 is 1.72 bits per heavy atom. The van der Waals surface area contributed by atoms with Gasteiger partial charge in [-0.2, -0.15) is 13.2 Å². The Hall–Kier alpha value is -4.98. The van der Waals surface area contributed by atoms with Gasteiger partial charge in [0.2, 0.25) is 0 Å². The van der Waals surface area contributed by atoms with Crippen molar-refractivity contribution in [3.8, 4) is 11.5 Å². The van der Waals surface area contributed by atoms with Gasteiger partial charge in [-0.15, -0.1) is 0 Å². The summed E-state index contributed by atoms with van der Waals surface area (Å²) in [5.41, 5.74) is 4.95. The number of nitrogens with one attached hydrogen (secondary N) is 5. The highest BCUT2D eigenvalue weighted by Crippen LogP contribution is 2.34. The van der Waals surface area contributed by atoms with Crippen LogP contribution in [0.25, 0.3) is 0 Å². The summed E-state index contributed by atoms with van der Waals surface area (Å²) < 4.78 is 63.3. The summed E-state index contributed by atoms with van der Waals surface area (Å²) in [7, 11) is 2.97. The number of methoxy groups -OCH3 is 2. The molecular formula is C28H27ClF4N6O4. The summed E-state index contributed by atoms with van der Waals surface area (Å²) in [6.07, 6.45) is -3.60. The van der Waals surface area contributed by atoms with Crippen LogP contribution in [0.2, 0.25) is 5.02 Å². The van der Waals surface area contributed by atoms with Crippen LogP contribution >= 0.6 is 11.6 Å². The van der Waals surface area contributed by atoms with E-state index in [1.54, 1.807) is 18.2 Å². The summed E-state index contributed by atoms with van der Waals surface area (Å²) in [5.74, 6) is -0.424. The molecule has 7 N–H and O–H groups in total. The molecule has 0 heterocycles. The number of anilines is 2. The topological polar surface area (TPSA) is 151 Å². The van der Waals surface area contributed by atoms with Gasteiger partial charge < -0.3 is 36.5 Å². The van der Waals surface area contributed by atoms with Crippen LogP contribution in [-0.2, 0) is 24.1 Å². The fraction of sp³-hybridized carbons (Fsp3) is 0.179. The van der Waals surface area contributed by atoms with E-state index in [1.807, 2.05) is 0 Å². The molecule has 0 aromatic heterocycles. The van der Waals surface area contributed by atoms with Gasteiger partial charge in [-0.3, -0.25) is 10.2 Å². The molecule has 0 aliphatic rings. The summed E-state index contributed by atoms with van der Waals surface area (Å²) in [6, 6.07) is 10.1. The van der Waals surface area contributed by atoms with Crippen LogP contribution in [-0.4, -0.2) is 31.9 Å². The first kappa shape index (κ1) is 32.5. The second kappa shape index (κ2) is 14.3. The molecule has 0 aliphatic carbocycles. The van der Waals surface area contributed by atoms with Gasteiger partial charge in [0, 0.05) is 36.6 Å². The smallest absolute Gasteiger partial charge is 0.416 e. The highest BCUT2D eigenvalue weighted by molar-refractivity contribution is 6.43. The predicted octanol–water partition coefficient (Wildman–Crippen LogP) is 5.38. The quantitative estimate of drug-likeness (QED) is 0.125. The van der Waals surface area contributed by atoms with Crippen molar-refractivity contribution in [2.45, 2.75) is 19.3 Å². The van der Waals surface area contributed by atoms with Crippen LogP contribution in [0.4, 0.5) is 33.7 Å². The average molecular weight is 623 g/mol. The highest BCUT2D eigenvalue weighted by Gasteiger charge is 2.31. The van der Waals surface area contributed by atoms with Crippen molar-refractivity contribution in [3.63, 3.8) is 0 Å². The number of rotatable bonds is 11. The Morgan fingerprint density at radius 1 is 0.977 bits per heavy atom. The molecule has 3 rings (SSSR count). The maximum atomic E-state index is 14.3. The van der Waals surface area contributed by atoms with Crippen molar-refractivity contribution in [1.82, 2.24) is 10.6 Å². The Bertz CT molecular complexity index is 1550. The zero-order valence-electron chi connectivity index (χ0n) is 22.8. The van der Waals surface area contributed by atoms with Crippen LogP contribution in [0.5, 0.6) is 11.5 Å². The van der Waals surface area contributed by atoms with Crippen LogP contribution in [0, 0.1) is 11.2 Å². The number of urea groups is 1. The predicted molar refractivity (Wildman–Crippen MR) is 154 cm³/mol. The molecule has 0 fully saturated rings. The Kier molecular flexibility index (Phi) is 10.8. The second-order valence-electron chi connectivity index (χ2n) is 8.79. The number of ether oxygens (including phenoxy) is 2. The van der Waals surface area contributed by atoms with Crippen molar-refractivity contribution in [3.05, 3.63) is 94.0 Å². The molecule has 43 heavy (non-hydrogen) atoms. The second-order valence-corrected chi connectivity index (χ2v) is 9.20. The van der Waals surface area contributed by atoms with E-state index in [0.717, 1.165) is 30.5 Å². The summed E-state index contributed by atoms with van der Waals surface area (Å²) in [6.45, 7) is -0.0469. The number of hydrogen-bond acceptors (Lipinski definition) is 7. The zero-order valence-corrected chi connectivity index (χ0v) is 23.5.